The van der Waals surface area contributed by atoms with Crippen molar-refractivity contribution in [1.29, 1.82) is 0 Å². The first-order valence-corrected chi connectivity index (χ1v) is 14.4. The molecule has 0 unspecified atom stereocenters. The number of carbonyl (C=O) groups excluding carboxylic acids is 1. The lowest BCUT2D eigenvalue weighted by molar-refractivity contribution is -0.143. The molecule has 4 aromatic carbocycles. The SMILES string of the molecule is CCOC(=O)CCCCCOc1c(OC)cc(/C=C/c2ccc(N(c3ccccc3)c3ccccc3)cc2)cc1OC. The van der Waals surface area contributed by atoms with E-state index in [2.05, 4.69) is 83.8 Å². The zero-order chi connectivity index (χ0) is 29.6. The Balaban J connectivity index is 1.43. The van der Waals surface area contributed by atoms with Gasteiger partial charge in [-0.15, -0.1) is 0 Å². The molecule has 0 radical (unpaired) electrons. The quantitative estimate of drug-likeness (QED) is 0.0815. The largest absolute Gasteiger partial charge is 0.493 e. The topological polar surface area (TPSA) is 57.2 Å². The van der Waals surface area contributed by atoms with Crippen molar-refractivity contribution < 1.29 is 23.7 Å². The number of nitrogens with zero attached hydrogens (tertiary/aromatic N) is 1. The van der Waals surface area contributed by atoms with E-state index >= 15 is 0 Å². The maximum Gasteiger partial charge on any atom is 0.305 e. The van der Waals surface area contributed by atoms with Gasteiger partial charge in [0.15, 0.2) is 11.5 Å². The number of methoxy groups -OCH3 is 2. The van der Waals surface area contributed by atoms with Gasteiger partial charge in [0.25, 0.3) is 0 Å². The molecule has 4 rings (SSSR count). The van der Waals surface area contributed by atoms with Crippen LogP contribution in [0.4, 0.5) is 17.1 Å². The van der Waals surface area contributed by atoms with Gasteiger partial charge in [0, 0.05) is 23.5 Å². The van der Waals surface area contributed by atoms with E-state index < -0.39 is 0 Å². The van der Waals surface area contributed by atoms with Crippen LogP contribution in [-0.4, -0.2) is 33.4 Å². The van der Waals surface area contributed by atoms with Crippen LogP contribution in [0, 0.1) is 0 Å². The van der Waals surface area contributed by atoms with Crippen molar-refractivity contribution in [2.24, 2.45) is 0 Å². The van der Waals surface area contributed by atoms with Crippen molar-refractivity contribution in [1.82, 2.24) is 0 Å². The normalized spacial score (nSPS) is 10.8. The number of para-hydroxylation sites is 2. The number of ether oxygens (including phenoxy) is 4. The van der Waals surface area contributed by atoms with Gasteiger partial charge < -0.3 is 23.8 Å². The third-order valence-electron chi connectivity index (χ3n) is 6.71. The van der Waals surface area contributed by atoms with Crippen LogP contribution in [0.3, 0.4) is 0 Å². The van der Waals surface area contributed by atoms with E-state index in [0.717, 1.165) is 47.5 Å². The third-order valence-corrected chi connectivity index (χ3v) is 6.71. The van der Waals surface area contributed by atoms with Crippen LogP contribution in [-0.2, 0) is 9.53 Å². The standard InChI is InChI=1S/C36H39NO5/c1-4-41-35(38)18-12-7-13-25-42-36-33(39-2)26-29(27-34(36)40-3)20-19-28-21-23-32(24-22-28)37(30-14-8-5-9-15-30)31-16-10-6-11-17-31/h5-6,8-11,14-17,19-24,26-27H,4,7,12-13,18,25H2,1-3H3/b20-19+. The minimum atomic E-state index is -0.150. The van der Waals surface area contributed by atoms with Crippen molar-refractivity contribution in [3.8, 4) is 17.2 Å². The highest BCUT2D eigenvalue weighted by Crippen LogP contribution is 2.39. The summed E-state index contributed by atoms with van der Waals surface area (Å²) >= 11 is 0. The van der Waals surface area contributed by atoms with Crippen LogP contribution in [0.2, 0.25) is 0 Å². The smallest absolute Gasteiger partial charge is 0.305 e. The fourth-order valence-electron chi connectivity index (χ4n) is 4.62. The molecular formula is C36H39NO5. The summed E-state index contributed by atoms with van der Waals surface area (Å²) in [6.07, 6.45) is 7.00. The van der Waals surface area contributed by atoms with Crippen molar-refractivity contribution >= 4 is 35.2 Å². The van der Waals surface area contributed by atoms with Crippen LogP contribution in [0.5, 0.6) is 17.2 Å². The summed E-state index contributed by atoms with van der Waals surface area (Å²) < 4.78 is 22.3. The van der Waals surface area contributed by atoms with Gasteiger partial charge in [-0.3, -0.25) is 4.79 Å². The summed E-state index contributed by atoms with van der Waals surface area (Å²) in [7, 11) is 3.25. The number of carbonyl (C=O) groups is 1. The summed E-state index contributed by atoms with van der Waals surface area (Å²) in [5, 5.41) is 0. The van der Waals surface area contributed by atoms with Gasteiger partial charge in [-0.25, -0.2) is 0 Å². The van der Waals surface area contributed by atoms with Crippen molar-refractivity contribution in [2.75, 3.05) is 32.3 Å². The second-order valence-electron chi connectivity index (χ2n) is 9.65. The number of anilines is 3. The van der Waals surface area contributed by atoms with Crippen LogP contribution < -0.4 is 19.1 Å². The van der Waals surface area contributed by atoms with Gasteiger partial charge in [0.2, 0.25) is 5.75 Å². The minimum Gasteiger partial charge on any atom is -0.493 e. The molecule has 0 bridgehead atoms. The van der Waals surface area contributed by atoms with Crippen LogP contribution in [0.15, 0.2) is 97.1 Å². The highest BCUT2D eigenvalue weighted by molar-refractivity contribution is 5.78. The van der Waals surface area contributed by atoms with Crippen molar-refractivity contribution in [2.45, 2.75) is 32.6 Å². The predicted octanol–water partition coefficient (Wildman–Crippen LogP) is 8.85. The monoisotopic (exact) mass is 565 g/mol. The fourth-order valence-corrected chi connectivity index (χ4v) is 4.62. The van der Waals surface area contributed by atoms with Gasteiger partial charge in [-0.05, 0) is 85.8 Å². The maximum atomic E-state index is 11.5. The fraction of sp³-hybridized carbons (Fsp3) is 0.250. The molecule has 6 heteroatoms. The Hall–Kier alpha value is -4.71. The van der Waals surface area contributed by atoms with E-state index in [-0.39, 0.29) is 5.97 Å². The molecule has 0 aliphatic rings. The zero-order valence-electron chi connectivity index (χ0n) is 24.6. The van der Waals surface area contributed by atoms with Crippen molar-refractivity contribution in [3.05, 3.63) is 108 Å². The average Bonchev–Trinajstić information content (AvgIpc) is 3.03. The number of benzene rings is 4. The predicted molar refractivity (Wildman–Crippen MR) is 170 cm³/mol. The van der Waals surface area contributed by atoms with Gasteiger partial charge in [0.05, 0.1) is 27.4 Å². The molecule has 0 heterocycles. The molecule has 0 saturated carbocycles. The van der Waals surface area contributed by atoms with Gasteiger partial charge in [0.1, 0.15) is 0 Å². The zero-order valence-corrected chi connectivity index (χ0v) is 24.6. The molecule has 0 saturated heterocycles. The van der Waals surface area contributed by atoms with Crippen LogP contribution >= 0.6 is 0 Å². The molecule has 0 spiro atoms. The molecule has 0 fully saturated rings. The Labute approximate surface area is 249 Å². The molecule has 42 heavy (non-hydrogen) atoms. The molecule has 0 N–H and O–H groups in total. The van der Waals surface area contributed by atoms with E-state index in [9.17, 15) is 4.79 Å². The Morgan fingerprint density at radius 3 is 1.79 bits per heavy atom. The Morgan fingerprint density at radius 2 is 1.24 bits per heavy atom. The average molecular weight is 566 g/mol. The maximum absolute atomic E-state index is 11.5. The molecular weight excluding hydrogens is 526 g/mol. The van der Waals surface area contributed by atoms with E-state index in [1.807, 2.05) is 37.3 Å². The van der Waals surface area contributed by atoms with Gasteiger partial charge >= 0.3 is 5.97 Å². The molecule has 0 aliphatic heterocycles. The number of esters is 1. The van der Waals surface area contributed by atoms with Crippen LogP contribution in [0.1, 0.15) is 43.7 Å². The second kappa shape index (κ2) is 15.9. The minimum absolute atomic E-state index is 0.150. The Morgan fingerprint density at radius 1 is 0.690 bits per heavy atom. The van der Waals surface area contributed by atoms with Gasteiger partial charge in [-0.2, -0.15) is 0 Å². The first kappa shape index (κ1) is 30.3. The first-order valence-electron chi connectivity index (χ1n) is 14.4. The Bertz CT molecular complexity index is 1350. The first-order chi connectivity index (χ1) is 20.6. The van der Waals surface area contributed by atoms with E-state index in [1.54, 1.807) is 14.2 Å². The summed E-state index contributed by atoms with van der Waals surface area (Å²) in [5.41, 5.74) is 5.29. The molecule has 218 valence electrons. The number of hydrogen-bond donors (Lipinski definition) is 0. The summed E-state index contributed by atoms with van der Waals surface area (Å²) in [5.74, 6) is 1.64. The van der Waals surface area contributed by atoms with Gasteiger partial charge in [-0.1, -0.05) is 60.7 Å². The lowest BCUT2D eigenvalue weighted by atomic mass is 10.1. The number of unbranched alkanes of at least 4 members (excludes halogenated alkanes) is 2. The summed E-state index contributed by atoms with van der Waals surface area (Å²) in [4.78, 5) is 13.7. The number of hydrogen-bond acceptors (Lipinski definition) is 6. The van der Waals surface area contributed by atoms with Crippen LogP contribution in [0.25, 0.3) is 12.2 Å². The molecule has 0 amide bonds. The summed E-state index contributed by atoms with van der Waals surface area (Å²) in [6.45, 7) is 2.73. The lowest BCUT2D eigenvalue weighted by Gasteiger charge is -2.25. The third kappa shape index (κ3) is 8.40. The molecule has 6 nitrogen and oxygen atoms in total. The summed E-state index contributed by atoms with van der Waals surface area (Å²) in [6, 6.07) is 33.1. The second-order valence-corrected chi connectivity index (χ2v) is 9.65. The molecule has 0 aliphatic carbocycles. The lowest BCUT2D eigenvalue weighted by Crippen LogP contribution is -2.09. The Kier molecular flexibility index (Phi) is 11.5. The molecule has 0 aromatic heterocycles. The van der Waals surface area contributed by atoms with E-state index in [4.69, 9.17) is 18.9 Å². The highest BCUT2D eigenvalue weighted by atomic mass is 16.5. The van der Waals surface area contributed by atoms with Crippen molar-refractivity contribution in [3.63, 3.8) is 0 Å². The molecule has 0 atom stereocenters. The molecule has 4 aromatic rings. The van der Waals surface area contributed by atoms with E-state index in [1.165, 1.54) is 0 Å². The van der Waals surface area contributed by atoms with E-state index in [0.29, 0.717) is 36.9 Å². The number of rotatable bonds is 15. The highest BCUT2D eigenvalue weighted by Gasteiger charge is 2.14.